The van der Waals surface area contributed by atoms with Crippen LogP contribution < -0.4 is 16.0 Å². The second-order valence-electron chi connectivity index (χ2n) is 5.86. The van der Waals surface area contributed by atoms with Gasteiger partial charge in [0.2, 0.25) is 0 Å². The molecule has 1 atom stereocenters. The normalized spacial score (nSPS) is 12.2. The lowest BCUT2D eigenvalue weighted by Gasteiger charge is -2.20. The van der Waals surface area contributed by atoms with Crippen LogP contribution in [0.15, 0.2) is 0 Å². The smallest absolute Gasteiger partial charge is 0.407 e. The van der Waals surface area contributed by atoms with E-state index in [0.29, 0.717) is 19.5 Å². The predicted molar refractivity (Wildman–Crippen MR) is 88.9 cm³/mol. The van der Waals surface area contributed by atoms with Crippen molar-refractivity contribution in [1.29, 1.82) is 0 Å². The quantitative estimate of drug-likeness (QED) is 0.396. The van der Waals surface area contributed by atoms with Crippen LogP contribution in [0.2, 0.25) is 0 Å². The van der Waals surface area contributed by atoms with Gasteiger partial charge in [0, 0.05) is 13.1 Å². The van der Waals surface area contributed by atoms with Gasteiger partial charge in [-0.15, -0.1) is 0 Å². The Labute approximate surface area is 137 Å². The van der Waals surface area contributed by atoms with Gasteiger partial charge in [-0.1, -0.05) is 19.8 Å². The predicted octanol–water partition coefficient (Wildman–Crippen LogP) is 1.62. The van der Waals surface area contributed by atoms with Gasteiger partial charge in [-0.2, -0.15) is 0 Å². The number of unbranched alkanes of at least 4 members (excludes halogenated alkanes) is 1. The van der Waals surface area contributed by atoms with Crippen LogP contribution in [0, 0.1) is 0 Å². The number of nitrogens with one attached hydrogen (secondary N) is 3. The topological polar surface area (TPSA) is 99.7 Å². The summed E-state index contributed by atoms with van der Waals surface area (Å²) >= 11 is 5.04. The fourth-order valence-corrected chi connectivity index (χ4v) is 1.77. The number of carboxylic acid groups (broad SMARTS) is 1. The zero-order chi connectivity index (χ0) is 17.2. The Bertz CT molecular complexity index is 383. The van der Waals surface area contributed by atoms with E-state index < -0.39 is 23.7 Å². The first-order chi connectivity index (χ1) is 10.2. The number of amides is 1. The van der Waals surface area contributed by atoms with E-state index in [1.807, 2.05) is 6.92 Å². The summed E-state index contributed by atoms with van der Waals surface area (Å²) in [6.07, 6.45) is 1.75. The number of alkyl carbamates (subject to hydrolysis) is 1. The third kappa shape index (κ3) is 11.1. The van der Waals surface area contributed by atoms with Crippen LogP contribution in [-0.4, -0.2) is 47.0 Å². The molecule has 0 aromatic carbocycles. The van der Waals surface area contributed by atoms with Gasteiger partial charge in [-0.25, -0.2) is 9.59 Å². The molecule has 0 aliphatic heterocycles. The van der Waals surface area contributed by atoms with Gasteiger partial charge in [0.1, 0.15) is 11.6 Å². The van der Waals surface area contributed by atoms with Crippen molar-refractivity contribution in [2.45, 2.75) is 58.6 Å². The highest BCUT2D eigenvalue weighted by atomic mass is 32.1. The maximum absolute atomic E-state index is 11.4. The van der Waals surface area contributed by atoms with Crippen LogP contribution in [-0.2, 0) is 9.53 Å². The molecule has 4 N–H and O–H groups in total. The third-order valence-electron chi connectivity index (χ3n) is 2.53. The van der Waals surface area contributed by atoms with Gasteiger partial charge in [0.15, 0.2) is 5.11 Å². The lowest BCUT2D eigenvalue weighted by molar-refractivity contribution is -0.139. The summed E-state index contributed by atoms with van der Waals surface area (Å²) in [6, 6.07) is -0.696. The molecular formula is C14H27N3O4S. The Morgan fingerprint density at radius 3 is 2.32 bits per heavy atom. The van der Waals surface area contributed by atoms with E-state index in [1.165, 1.54) is 0 Å². The van der Waals surface area contributed by atoms with Crippen molar-refractivity contribution in [3.63, 3.8) is 0 Å². The van der Waals surface area contributed by atoms with E-state index in [-0.39, 0.29) is 5.11 Å². The summed E-state index contributed by atoms with van der Waals surface area (Å²) in [6.45, 7) is 8.05. The summed E-state index contributed by atoms with van der Waals surface area (Å²) in [4.78, 5) is 22.5. The molecule has 128 valence electrons. The first-order valence-electron chi connectivity index (χ1n) is 7.39. The van der Waals surface area contributed by atoms with Gasteiger partial charge in [-0.05, 0) is 39.4 Å². The van der Waals surface area contributed by atoms with E-state index in [9.17, 15) is 9.59 Å². The van der Waals surface area contributed by atoms with Crippen LogP contribution in [0.5, 0.6) is 0 Å². The molecule has 0 fully saturated rings. The van der Waals surface area contributed by atoms with Crippen LogP contribution in [0.4, 0.5) is 4.79 Å². The first kappa shape index (κ1) is 20.4. The molecule has 0 rings (SSSR count). The number of ether oxygens (including phenoxy) is 1. The average Bonchev–Trinajstić information content (AvgIpc) is 2.37. The number of rotatable bonds is 8. The lowest BCUT2D eigenvalue weighted by atomic mass is 10.1. The first-order valence-corrected chi connectivity index (χ1v) is 7.80. The average molecular weight is 333 g/mol. The molecule has 0 aromatic rings. The fraction of sp³-hybridized carbons (Fsp3) is 0.786. The van der Waals surface area contributed by atoms with Crippen molar-refractivity contribution >= 4 is 29.4 Å². The molecule has 7 nitrogen and oxygen atoms in total. The lowest BCUT2D eigenvalue weighted by Crippen LogP contribution is -2.47. The second-order valence-corrected chi connectivity index (χ2v) is 6.27. The minimum absolute atomic E-state index is 0.259. The summed E-state index contributed by atoms with van der Waals surface area (Å²) in [5.41, 5.74) is -0.539. The molecule has 8 heteroatoms. The number of carboxylic acids is 1. The molecule has 1 amide bonds. The molecule has 0 spiro atoms. The van der Waals surface area contributed by atoms with Crippen molar-refractivity contribution in [3.05, 3.63) is 0 Å². The number of hydrogen-bond donors (Lipinski definition) is 4. The number of carbonyl (C=O) groups excluding carboxylic acids is 1. The van der Waals surface area contributed by atoms with Gasteiger partial charge < -0.3 is 25.8 Å². The number of thiocarbonyl (C=S) groups is 1. The Morgan fingerprint density at radius 1 is 1.23 bits per heavy atom. The standard InChI is InChI=1S/C14H27N3O4S/c1-5-6-7-10(11(18)19)17-12(22)15-8-9-16-13(20)21-14(2,3)4/h10H,5-9H2,1-4H3,(H,16,20)(H,18,19)(H2,15,17,22). The highest BCUT2D eigenvalue weighted by Gasteiger charge is 2.17. The van der Waals surface area contributed by atoms with Crippen molar-refractivity contribution in [2.75, 3.05) is 13.1 Å². The molecule has 0 saturated heterocycles. The Kier molecular flexibility index (Phi) is 9.48. The highest BCUT2D eigenvalue weighted by Crippen LogP contribution is 2.06. The summed E-state index contributed by atoms with van der Waals surface area (Å²) in [7, 11) is 0. The largest absolute Gasteiger partial charge is 0.480 e. The molecule has 0 saturated carbocycles. The zero-order valence-electron chi connectivity index (χ0n) is 13.7. The van der Waals surface area contributed by atoms with Crippen molar-refractivity contribution in [3.8, 4) is 0 Å². The maximum Gasteiger partial charge on any atom is 0.407 e. The van der Waals surface area contributed by atoms with Gasteiger partial charge >= 0.3 is 12.1 Å². The molecule has 22 heavy (non-hydrogen) atoms. The maximum atomic E-state index is 11.4. The zero-order valence-corrected chi connectivity index (χ0v) is 14.5. The fourth-order valence-electron chi connectivity index (χ4n) is 1.53. The Balaban J connectivity index is 3.93. The molecular weight excluding hydrogens is 306 g/mol. The monoisotopic (exact) mass is 333 g/mol. The molecule has 0 aromatic heterocycles. The number of carbonyl (C=O) groups is 2. The minimum atomic E-state index is -0.926. The van der Waals surface area contributed by atoms with Crippen molar-refractivity contribution in [1.82, 2.24) is 16.0 Å². The molecule has 0 heterocycles. The molecule has 0 bridgehead atoms. The number of aliphatic carboxylic acids is 1. The highest BCUT2D eigenvalue weighted by molar-refractivity contribution is 7.80. The Morgan fingerprint density at radius 2 is 1.82 bits per heavy atom. The summed E-state index contributed by atoms with van der Waals surface area (Å²) < 4.78 is 5.08. The second kappa shape index (κ2) is 10.2. The molecule has 0 radical (unpaired) electrons. The van der Waals surface area contributed by atoms with Gasteiger partial charge in [0.25, 0.3) is 0 Å². The van der Waals surface area contributed by atoms with E-state index in [0.717, 1.165) is 12.8 Å². The minimum Gasteiger partial charge on any atom is -0.480 e. The SMILES string of the molecule is CCCCC(NC(=S)NCCNC(=O)OC(C)(C)C)C(=O)O. The van der Waals surface area contributed by atoms with Crippen LogP contribution >= 0.6 is 12.2 Å². The van der Waals surface area contributed by atoms with Crippen LogP contribution in [0.3, 0.4) is 0 Å². The molecule has 0 aliphatic rings. The third-order valence-corrected chi connectivity index (χ3v) is 2.79. The Hall–Kier alpha value is -1.57. The van der Waals surface area contributed by atoms with E-state index in [2.05, 4.69) is 16.0 Å². The van der Waals surface area contributed by atoms with E-state index in [4.69, 9.17) is 22.1 Å². The van der Waals surface area contributed by atoms with Crippen LogP contribution in [0.25, 0.3) is 0 Å². The van der Waals surface area contributed by atoms with Crippen LogP contribution in [0.1, 0.15) is 47.0 Å². The van der Waals surface area contributed by atoms with Crippen molar-refractivity contribution < 1.29 is 19.4 Å². The van der Waals surface area contributed by atoms with E-state index >= 15 is 0 Å². The van der Waals surface area contributed by atoms with E-state index in [1.54, 1.807) is 20.8 Å². The molecule has 1 unspecified atom stereocenters. The number of hydrogen-bond acceptors (Lipinski definition) is 4. The summed E-state index contributed by atoms with van der Waals surface area (Å²) in [5.74, 6) is -0.926. The van der Waals surface area contributed by atoms with Gasteiger partial charge in [-0.3, -0.25) is 0 Å². The summed E-state index contributed by atoms with van der Waals surface area (Å²) in [5, 5.41) is 17.5. The molecule has 0 aliphatic carbocycles. The van der Waals surface area contributed by atoms with Crippen molar-refractivity contribution in [2.24, 2.45) is 0 Å². The van der Waals surface area contributed by atoms with Gasteiger partial charge in [0.05, 0.1) is 0 Å².